The molecule has 1 aliphatic heterocycles. The number of aryl methyl sites for hydroxylation is 2. The van der Waals surface area contributed by atoms with Crippen LogP contribution in [0.2, 0.25) is 0 Å². The largest absolute Gasteiger partial charge is 0.355 e. The van der Waals surface area contributed by atoms with Gasteiger partial charge in [-0.05, 0) is 50.1 Å². The highest BCUT2D eigenvalue weighted by Crippen LogP contribution is 2.43. The Hall–Kier alpha value is -2.53. The van der Waals surface area contributed by atoms with Crippen LogP contribution in [0.3, 0.4) is 0 Å². The van der Waals surface area contributed by atoms with Gasteiger partial charge in [0, 0.05) is 34.0 Å². The summed E-state index contributed by atoms with van der Waals surface area (Å²) >= 11 is 1.72. The molecule has 0 fully saturated rings. The van der Waals surface area contributed by atoms with Crippen LogP contribution >= 0.6 is 11.8 Å². The second kappa shape index (κ2) is 6.65. The fourth-order valence-electron chi connectivity index (χ4n) is 3.31. The molecule has 4 rings (SSSR count). The second-order valence-corrected chi connectivity index (χ2v) is 7.48. The van der Waals surface area contributed by atoms with Crippen LogP contribution in [-0.2, 0) is 5.75 Å². The van der Waals surface area contributed by atoms with Crippen molar-refractivity contribution < 1.29 is 9.32 Å². The average molecular weight is 364 g/mol. The van der Waals surface area contributed by atoms with Crippen molar-refractivity contribution >= 4 is 23.4 Å². The molecule has 1 aromatic heterocycles. The van der Waals surface area contributed by atoms with Crippen LogP contribution in [0.5, 0.6) is 0 Å². The highest BCUT2D eigenvalue weighted by molar-refractivity contribution is 7.98. The van der Waals surface area contributed by atoms with E-state index in [1.807, 2.05) is 51.1 Å². The van der Waals surface area contributed by atoms with Crippen molar-refractivity contribution in [3.05, 3.63) is 64.8 Å². The smallest absolute Gasteiger partial charge is 0.280 e. The molecule has 2 heterocycles. The number of rotatable bonds is 3. The van der Waals surface area contributed by atoms with E-state index >= 15 is 0 Å². The number of anilines is 1. The summed E-state index contributed by atoms with van der Waals surface area (Å²) in [5.74, 6) is 1.31. The van der Waals surface area contributed by atoms with Crippen molar-refractivity contribution in [3.63, 3.8) is 0 Å². The molecule has 0 saturated carbocycles. The van der Waals surface area contributed by atoms with Gasteiger partial charge < -0.3 is 9.42 Å². The lowest BCUT2D eigenvalue weighted by Gasteiger charge is -2.23. The van der Waals surface area contributed by atoms with E-state index in [0.29, 0.717) is 18.0 Å². The van der Waals surface area contributed by atoms with E-state index in [9.17, 15) is 4.79 Å². The summed E-state index contributed by atoms with van der Waals surface area (Å²) in [4.78, 5) is 16.2. The summed E-state index contributed by atoms with van der Waals surface area (Å²) < 4.78 is 5.61. The van der Waals surface area contributed by atoms with Crippen LogP contribution in [0.25, 0.3) is 11.3 Å². The Morgan fingerprint density at radius 1 is 1.23 bits per heavy atom. The Bertz CT molecular complexity index is 993. The first-order valence-electron chi connectivity index (χ1n) is 8.70. The fourth-order valence-corrected chi connectivity index (χ4v) is 4.37. The molecule has 0 bridgehead atoms. The molecule has 0 spiro atoms. The first-order chi connectivity index (χ1) is 12.6. The van der Waals surface area contributed by atoms with Gasteiger partial charge >= 0.3 is 0 Å². The zero-order chi connectivity index (χ0) is 18.3. The molecule has 26 heavy (non-hydrogen) atoms. The molecular formula is C21H20N2O2S. The Morgan fingerprint density at radius 3 is 2.85 bits per heavy atom. The lowest BCUT2D eigenvalue weighted by molar-refractivity contribution is 0.0979. The minimum atomic E-state index is -0.105. The molecule has 132 valence electrons. The van der Waals surface area contributed by atoms with Crippen LogP contribution in [-0.4, -0.2) is 17.6 Å². The number of aromatic nitrogens is 1. The summed E-state index contributed by atoms with van der Waals surface area (Å²) in [6.07, 6.45) is 0. The number of thioether (sulfide) groups is 1. The second-order valence-electron chi connectivity index (χ2n) is 6.46. The van der Waals surface area contributed by atoms with Gasteiger partial charge in [-0.3, -0.25) is 4.79 Å². The number of carbonyl (C=O) groups excluding carboxylic acids is 1. The predicted octanol–water partition coefficient (Wildman–Crippen LogP) is 5.23. The molecular weight excluding hydrogens is 344 g/mol. The van der Waals surface area contributed by atoms with E-state index < -0.39 is 0 Å². The third-order valence-electron chi connectivity index (χ3n) is 4.71. The van der Waals surface area contributed by atoms with Crippen molar-refractivity contribution in [2.24, 2.45) is 0 Å². The van der Waals surface area contributed by atoms with Crippen molar-refractivity contribution in [1.82, 2.24) is 5.16 Å². The van der Waals surface area contributed by atoms with Crippen LogP contribution in [0.15, 0.2) is 51.9 Å². The third kappa shape index (κ3) is 2.72. The minimum absolute atomic E-state index is 0.105. The number of nitrogens with zero attached hydrogens (tertiary/aromatic N) is 2. The predicted molar refractivity (Wildman–Crippen MR) is 105 cm³/mol. The van der Waals surface area contributed by atoms with Gasteiger partial charge in [-0.25, -0.2) is 0 Å². The van der Waals surface area contributed by atoms with E-state index in [1.165, 1.54) is 0 Å². The Labute approximate surface area is 157 Å². The molecule has 3 aromatic rings. The Balaban J connectivity index is 1.76. The highest BCUT2D eigenvalue weighted by Gasteiger charge is 2.30. The van der Waals surface area contributed by atoms with Gasteiger partial charge in [-0.15, -0.1) is 11.8 Å². The lowest BCUT2D eigenvalue weighted by Crippen LogP contribution is -2.32. The number of amides is 1. The summed E-state index contributed by atoms with van der Waals surface area (Å²) in [5, 5.41) is 4.16. The van der Waals surface area contributed by atoms with Crippen LogP contribution < -0.4 is 4.90 Å². The topological polar surface area (TPSA) is 46.3 Å². The summed E-state index contributed by atoms with van der Waals surface area (Å²) in [7, 11) is 0. The van der Waals surface area contributed by atoms with E-state index in [2.05, 4.69) is 17.3 Å². The SMILES string of the molecule is CCN(C(=O)c1noc2c1CSc1ccccc1-2)c1cc(C)ccc1C. The van der Waals surface area contributed by atoms with E-state index in [4.69, 9.17) is 4.52 Å². The Kier molecular flexibility index (Phi) is 4.32. The van der Waals surface area contributed by atoms with Crippen LogP contribution in [0.4, 0.5) is 5.69 Å². The molecule has 1 amide bonds. The lowest BCUT2D eigenvalue weighted by atomic mass is 10.1. The van der Waals surface area contributed by atoms with Gasteiger partial charge in [0.2, 0.25) is 0 Å². The summed E-state index contributed by atoms with van der Waals surface area (Å²) in [5.41, 5.74) is 5.46. The van der Waals surface area contributed by atoms with Gasteiger partial charge in [0.25, 0.3) is 5.91 Å². The molecule has 0 saturated heterocycles. The number of fused-ring (bicyclic) bond motifs is 3. The molecule has 5 heteroatoms. The minimum Gasteiger partial charge on any atom is -0.355 e. The molecule has 2 aromatic carbocycles. The molecule has 0 unspecified atom stereocenters. The van der Waals surface area contributed by atoms with Gasteiger partial charge in [-0.2, -0.15) is 0 Å². The first-order valence-corrected chi connectivity index (χ1v) is 9.68. The maximum atomic E-state index is 13.3. The quantitative estimate of drug-likeness (QED) is 0.638. The standard InChI is InChI=1S/C21H20N2O2S/c1-4-23(17-11-13(2)9-10-14(17)3)21(24)19-16-12-26-18-8-6-5-7-15(18)20(16)25-22-19/h5-11H,4,12H2,1-3H3. The first kappa shape index (κ1) is 16.9. The molecule has 0 N–H and O–H groups in total. The molecule has 4 nitrogen and oxygen atoms in total. The Morgan fingerprint density at radius 2 is 2.04 bits per heavy atom. The number of hydrogen-bond acceptors (Lipinski definition) is 4. The van der Waals surface area contributed by atoms with Gasteiger partial charge in [0.05, 0.1) is 0 Å². The van der Waals surface area contributed by atoms with E-state index in [1.54, 1.807) is 16.7 Å². The van der Waals surface area contributed by atoms with Gasteiger partial charge in [-0.1, -0.05) is 29.4 Å². The summed E-state index contributed by atoms with van der Waals surface area (Å²) in [6.45, 7) is 6.62. The number of benzene rings is 2. The normalized spacial score (nSPS) is 12.4. The maximum Gasteiger partial charge on any atom is 0.280 e. The zero-order valence-electron chi connectivity index (χ0n) is 15.1. The van der Waals surface area contributed by atoms with Crippen molar-refractivity contribution in [2.45, 2.75) is 31.4 Å². The third-order valence-corrected chi connectivity index (χ3v) is 5.81. The maximum absolute atomic E-state index is 13.3. The van der Waals surface area contributed by atoms with E-state index in [0.717, 1.165) is 38.6 Å². The van der Waals surface area contributed by atoms with Gasteiger partial charge in [0.1, 0.15) is 0 Å². The molecule has 0 radical (unpaired) electrons. The van der Waals surface area contributed by atoms with Gasteiger partial charge in [0.15, 0.2) is 11.5 Å². The number of carbonyl (C=O) groups is 1. The zero-order valence-corrected chi connectivity index (χ0v) is 15.9. The van der Waals surface area contributed by atoms with Crippen molar-refractivity contribution in [3.8, 4) is 11.3 Å². The number of hydrogen-bond donors (Lipinski definition) is 0. The fraction of sp³-hybridized carbons (Fsp3) is 0.238. The van der Waals surface area contributed by atoms with Crippen LogP contribution in [0, 0.1) is 13.8 Å². The van der Waals surface area contributed by atoms with Crippen molar-refractivity contribution in [2.75, 3.05) is 11.4 Å². The van der Waals surface area contributed by atoms with E-state index in [-0.39, 0.29) is 5.91 Å². The average Bonchev–Trinajstić information content (AvgIpc) is 3.09. The van der Waals surface area contributed by atoms with Crippen molar-refractivity contribution in [1.29, 1.82) is 0 Å². The monoisotopic (exact) mass is 364 g/mol. The van der Waals surface area contributed by atoms with Crippen LogP contribution in [0.1, 0.15) is 34.1 Å². The highest BCUT2D eigenvalue weighted by atomic mass is 32.2. The summed E-state index contributed by atoms with van der Waals surface area (Å²) in [6, 6.07) is 14.2. The molecule has 1 aliphatic rings. The molecule has 0 aliphatic carbocycles. The molecule has 0 atom stereocenters.